The number of aliphatic carboxylic acids is 1. The summed E-state index contributed by atoms with van der Waals surface area (Å²) in [5.74, 6) is -1.34. The number of esters is 1. The van der Waals surface area contributed by atoms with Crippen LogP contribution in [0.1, 0.15) is 10.4 Å². The molecule has 2 aromatic carbocycles. The average Bonchev–Trinajstić information content (AvgIpc) is 2.99. The van der Waals surface area contributed by atoms with Crippen molar-refractivity contribution in [1.29, 1.82) is 0 Å². The van der Waals surface area contributed by atoms with E-state index in [2.05, 4.69) is 6.58 Å². The summed E-state index contributed by atoms with van der Waals surface area (Å²) in [6.07, 6.45) is 2.78. The van der Waals surface area contributed by atoms with Crippen LogP contribution in [-0.2, 0) is 11.3 Å². The van der Waals surface area contributed by atoms with Crippen LogP contribution < -0.4 is 10.5 Å². The van der Waals surface area contributed by atoms with E-state index in [0.29, 0.717) is 22.2 Å². The maximum absolute atomic E-state index is 12.4. The van der Waals surface area contributed by atoms with Crippen LogP contribution in [0.2, 0.25) is 0 Å². The topological polar surface area (TPSA) is 94.5 Å². The van der Waals surface area contributed by atoms with Gasteiger partial charge in [-0.2, -0.15) is 0 Å². The highest BCUT2D eigenvalue weighted by Gasteiger charge is 2.31. The molecule has 0 bridgehead atoms. The molecule has 0 aliphatic carbocycles. The van der Waals surface area contributed by atoms with Crippen LogP contribution >= 0.6 is 0 Å². The molecule has 1 atom stereocenters. The molecule has 26 heavy (non-hydrogen) atoms. The Morgan fingerprint density at radius 3 is 2.46 bits per heavy atom. The number of aromatic nitrogens is 1. The van der Waals surface area contributed by atoms with E-state index in [0.717, 1.165) is 0 Å². The summed E-state index contributed by atoms with van der Waals surface area (Å²) in [4.78, 5) is 23.8. The number of carbonyl (C=O) groups excluding carboxylic acids is 1. The Balaban J connectivity index is 1.99. The number of nitrogens with two attached hydrogens (primary N) is 1. The smallest absolute Gasteiger partial charge is 0.343 e. The first kappa shape index (κ1) is 17.4. The van der Waals surface area contributed by atoms with Gasteiger partial charge in [-0.25, -0.2) is 9.59 Å². The first-order valence-electron chi connectivity index (χ1n) is 7.95. The monoisotopic (exact) mass is 350 g/mol. The summed E-state index contributed by atoms with van der Waals surface area (Å²) in [5.41, 5.74) is 5.42. The number of benzene rings is 2. The molecule has 0 amide bonds. The van der Waals surface area contributed by atoms with Gasteiger partial charge in [-0.3, -0.25) is 0 Å². The Morgan fingerprint density at radius 2 is 1.81 bits per heavy atom. The molecule has 0 fully saturated rings. The van der Waals surface area contributed by atoms with E-state index in [9.17, 15) is 14.7 Å². The lowest BCUT2D eigenvalue weighted by Crippen LogP contribution is -2.49. The van der Waals surface area contributed by atoms with Gasteiger partial charge in [0.25, 0.3) is 0 Å². The van der Waals surface area contributed by atoms with E-state index in [-0.39, 0.29) is 6.54 Å². The predicted octanol–water partition coefficient (Wildman–Crippen LogP) is 2.83. The molecule has 1 heterocycles. The van der Waals surface area contributed by atoms with Crippen LogP contribution in [0.4, 0.5) is 0 Å². The summed E-state index contributed by atoms with van der Waals surface area (Å²) >= 11 is 0. The lowest BCUT2D eigenvalue weighted by molar-refractivity contribution is -0.141. The summed E-state index contributed by atoms with van der Waals surface area (Å²) in [7, 11) is 0. The first-order chi connectivity index (χ1) is 12.4. The zero-order valence-electron chi connectivity index (χ0n) is 14.0. The summed E-state index contributed by atoms with van der Waals surface area (Å²) < 4.78 is 7.18. The Labute approximate surface area is 150 Å². The lowest BCUT2D eigenvalue weighted by atomic mass is 10.0. The molecular formula is C20H18N2O4. The van der Waals surface area contributed by atoms with Crippen molar-refractivity contribution in [2.75, 3.05) is 0 Å². The number of fused-ring (bicyclic) bond motifs is 1. The van der Waals surface area contributed by atoms with Gasteiger partial charge in [-0.1, -0.05) is 36.4 Å². The molecule has 3 aromatic rings. The summed E-state index contributed by atoms with van der Waals surface area (Å²) in [6, 6.07) is 15.9. The lowest BCUT2D eigenvalue weighted by Gasteiger charge is -2.21. The Bertz CT molecular complexity index is 978. The molecule has 132 valence electrons. The first-order valence-corrected chi connectivity index (χ1v) is 7.95. The van der Waals surface area contributed by atoms with Gasteiger partial charge >= 0.3 is 11.9 Å². The van der Waals surface area contributed by atoms with Crippen LogP contribution in [-0.4, -0.2) is 27.2 Å². The minimum Gasteiger partial charge on any atom is -0.480 e. The maximum Gasteiger partial charge on any atom is 0.343 e. The quantitative estimate of drug-likeness (QED) is 0.526. The normalized spacial score (nSPS) is 13.1. The standard InChI is InChI=1S/C20H18N2O4/c1-2-20(21,19(24)25)13-22-12-17(15-10-6-7-11-16(15)22)26-18(23)14-8-4-3-5-9-14/h2-12H,1,13,21H2,(H,24,25). The molecule has 1 aromatic heterocycles. The number of ether oxygens (including phenoxy) is 1. The van der Waals surface area contributed by atoms with Crippen molar-refractivity contribution in [3.05, 3.63) is 79.0 Å². The van der Waals surface area contributed by atoms with E-state index < -0.39 is 17.5 Å². The number of rotatable bonds is 6. The predicted molar refractivity (Wildman–Crippen MR) is 98.1 cm³/mol. The van der Waals surface area contributed by atoms with Gasteiger partial charge in [0, 0.05) is 11.6 Å². The second-order valence-corrected chi connectivity index (χ2v) is 5.94. The van der Waals surface area contributed by atoms with Crippen molar-refractivity contribution >= 4 is 22.8 Å². The van der Waals surface area contributed by atoms with Crippen LogP contribution in [0, 0.1) is 0 Å². The molecule has 1 unspecified atom stereocenters. The minimum absolute atomic E-state index is 0.0464. The highest BCUT2D eigenvalue weighted by Crippen LogP contribution is 2.29. The number of carboxylic acid groups (broad SMARTS) is 1. The molecule has 0 aliphatic heterocycles. The minimum atomic E-state index is -1.64. The van der Waals surface area contributed by atoms with Gasteiger partial charge in [0.1, 0.15) is 0 Å². The number of para-hydroxylation sites is 1. The summed E-state index contributed by atoms with van der Waals surface area (Å²) in [5, 5.41) is 10.1. The Kier molecular flexibility index (Phi) is 4.60. The average molecular weight is 350 g/mol. The Morgan fingerprint density at radius 1 is 1.15 bits per heavy atom. The fourth-order valence-electron chi connectivity index (χ4n) is 2.66. The Hall–Kier alpha value is -3.38. The van der Waals surface area contributed by atoms with Crippen LogP contribution in [0.3, 0.4) is 0 Å². The van der Waals surface area contributed by atoms with Crippen LogP contribution in [0.15, 0.2) is 73.4 Å². The number of hydrogen-bond acceptors (Lipinski definition) is 4. The highest BCUT2D eigenvalue weighted by molar-refractivity contribution is 5.95. The molecule has 3 rings (SSSR count). The zero-order chi connectivity index (χ0) is 18.7. The van der Waals surface area contributed by atoms with Crippen molar-refractivity contribution < 1.29 is 19.4 Å². The van der Waals surface area contributed by atoms with Crippen molar-refractivity contribution in [3.8, 4) is 5.75 Å². The van der Waals surface area contributed by atoms with Gasteiger partial charge in [-0.15, -0.1) is 6.58 Å². The fourth-order valence-corrected chi connectivity index (χ4v) is 2.66. The molecule has 6 nitrogen and oxygen atoms in total. The molecular weight excluding hydrogens is 332 g/mol. The third-order valence-electron chi connectivity index (χ3n) is 4.16. The highest BCUT2D eigenvalue weighted by atomic mass is 16.5. The third kappa shape index (κ3) is 3.22. The van der Waals surface area contributed by atoms with Crippen molar-refractivity contribution in [1.82, 2.24) is 4.57 Å². The summed E-state index contributed by atoms with van der Waals surface area (Å²) in [6.45, 7) is 3.47. The van der Waals surface area contributed by atoms with Gasteiger partial charge in [0.15, 0.2) is 11.3 Å². The molecule has 0 spiro atoms. The van der Waals surface area contributed by atoms with Crippen LogP contribution in [0.25, 0.3) is 10.9 Å². The third-order valence-corrected chi connectivity index (χ3v) is 4.16. The number of nitrogens with zero attached hydrogens (tertiary/aromatic N) is 1. The van der Waals surface area contributed by atoms with Gasteiger partial charge < -0.3 is 20.1 Å². The van der Waals surface area contributed by atoms with Crippen molar-refractivity contribution in [2.45, 2.75) is 12.1 Å². The maximum atomic E-state index is 12.4. The largest absolute Gasteiger partial charge is 0.480 e. The molecule has 0 radical (unpaired) electrons. The van der Waals surface area contributed by atoms with Gasteiger partial charge in [0.2, 0.25) is 0 Å². The second-order valence-electron chi connectivity index (χ2n) is 5.94. The number of carbonyl (C=O) groups is 2. The molecule has 6 heteroatoms. The van der Waals surface area contributed by atoms with E-state index in [1.54, 1.807) is 47.2 Å². The zero-order valence-corrected chi connectivity index (χ0v) is 14.0. The van der Waals surface area contributed by atoms with Crippen molar-refractivity contribution in [2.24, 2.45) is 5.73 Å². The van der Waals surface area contributed by atoms with Crippen molar-refractivity contribution in [3.63, 3.8) is 0 Å². The van der Waals surface area contributed by atoms with E-state index in [4.69, 9.17) is 10.5 Å². The van der Waals surface area contributed by atoms with E-state index in [1.165, 1.54) is 6.08 Å². The SMILES string of the molecule is C=CC(N)(Cn1cc(OC(=O)c2ccccc2)c2ccccc21)C(=O)O. The second kappa shape index (κ2) is 6.85. The van der Waals surface area contributed by atoms with E-state index in [1.807, 2.05) is 18.2 Å². The molecule has 0 saturated carbocycles. The number of hydrogen-bond donors (Lipinski definition) is 2. The van der Waals surface area contributed by atoms with Crippen LogP contribution in [0.5, 0.6) is 5.75 Å². The van der Waals surface area contributed by atoms with E-state index >= 15 is 0 Å². The fraction of sp³-hybridized carbons (Fsp3) is 0.100. The molecule has 0 aliphatic rings. The van der Waals surface area contributed by atoms with Gasteiger partial charge in [0.05, 0.1) is 17.6 Å². The molecule has 3 N–H and O–H groups in total. The molecule has 0 saturated heterocycles. The van der Waals surface area contributed by atoms with Gasteiger partial charge in [-0.05, 0) is 24.3 Å². The number of carboxylic acids is 1.